The second-order valence-electron chi connectivity index (χ2n) is 5.75. The number of hydrogen-bond donors (Lipinski definition) is 0. The summed E-state index contributed by atoms with van der Waals surface area (Å²) in [5, 5.41) is 4.43. The van der Waals surface area contributed by atoms with Crippen molar-refractivity contribution in [2.75, 3.05) is 26.9 Å². The summed E-state index contributed by atoms with van der Waals surface area (Å²) in [6, 6.07) is 4.23. The van der Waals surface area contributed by atoms with Gasteiger partial charge in [0.05, 0.1) is 31.6 Å². The van der Waals surface area contributed by atoms with E-state index >= 15 is 0 Å². The van der Waals surface area contributed by atoms with Crippen molar-refractivity contribution in [1.82, 2.24) is 19.7 Å². The number of rotatable bonds is 6. The van der Waals surface area contributed by atoms with Gasteiger partial charge in [0.25, 0.3) is 0 Å². The van der Waals surface area contributed by atoms with E-state index in [2.05, 4.69) is 21.0 Å². The average molecular weight is 316 g/mol. The van der Waals surface area contributed by atoms with Gasteiger partial charge in [-0.25, -0.2) is 4.98 Å². The van der Waals surface area contributed by atoms with Gasteiger partial charge in [0.2, 0.25) is 5.88 Å². The summed E-state index contributed by atoms with van der Waals surface area (Å²) >= 11 is 0. The van der Waals surface area contributed by atoms with Crippen LogP contribution in [0.15, 0.2) is 24.5 Å². The van der Waals surface area contributed by atoms with Crippen LogP contribution in [0.2, 0.25) is 0 Å². The van der Waals surface area contributed by atoms with E-state index in [1.165, 1.54) is 11.3 Å². The molecule has 2 aromatic heterocycles. The van der Waals surface area contributed by atoms with Crippen molar-refractivity contribution in [2.24, 2.45) is 7.05 Å². The fraction of sp³-hybridized carbons (Fsp3) is 0.529. The van der Waals surface area contributed by atoms with Gasteiger partial charge in [0.15, 0.2) is 0 Å². The molecular formula is C17H24N4O2. The zero-order valence-corrected chi connectivity index (χ0v) is 14.0. The van der Waals surface area contributed by atoms with Gasteiger partial charge in [0, 0.05) is 38.5 Å². The van der Waals surface area contributed by atoms with Crippen molar-refractivity contribution in [3.63, 3.8) is 0 Å². The minimum Gasteiger partial charge on any atom is -0.481 e. The standard InChI is InChI=1S/C17H24N4O2/c1-4-23-12-15-16-13(10-19-20(16)2)7-9-21(15)11-14-6-5-8-18-17(14)22-3/h5-6,8,10,15H,4,7,9,11-12H2,1-3H3/t15-/m0/s1. The van der Waals surface area contributed by atoms with Gasteiger partial charge in [-0.05, 0) is 25.0 Å². The zero-order valence-electron chi connectivity index (χ0n) is 14.0. The Labute approximate surface area is 137 Å². The summed E-state index contributed by atoms with van der Waals surface area (Å²) in [4.78, 5) is 6.73. The fourth-order valence-electron chi connectivity index (χ4n) is 3.26. The molecule has 0 saturated heterocycles. The normalized spacial score (nSPS) is 18.0. The molecule has 0 spiro atoms. The van der Waals surface area contributed by atoms with Crippen LogP contribution in [-0.4, -0.2) is 46.5 Å². The van der Waals surface area contributed by atoms with E-state index in [0.29, 0.717) is 19.1 Å². The van der Waals surface area contributed by atoms with Crippen molar-refractivity contribution in [2.45, 2.75) is 25.9 Å². The van der Waals surface area contributed by atoms with E-state index < -0.39 is 0 Å². The highest BCUT2D eigenvalue weighted by Crippen LogP contribution is 2.32. The van der Waals surface area contributed by atoms with E-state index in [1.54, 1.807) is 13.3 Å². The summed E-state index contributed by atoms with van der Waals surface area (Å²) in [5.74, 6) is 0.693. The summed E-state index contributed by atoms with van der Waals surface area (Å²) in [6.45, 7) is 5.19. The van der Waals surface area contributed by atoms with Gasteiger partial charge in [-0.1, -0.05) is 6.07 Å². The Morgan fingerprint density at radius 2 is 2.26 bits per heavy atom. The van der Waals surface area contributed by atoms with Gasteiger partial charge in [-0.2, -0.15) is 5.10 Å². The number of hydrogen-bond acceptors (Lipinski definition) is 5. The minimum atomic E-state index is 0.205. The van der Waals surface area contributed by atoms with Gasteiger partial charge in [0.1, 0.15) is 0 Å². The van der Waals surface area contributed by atoms with Crippen LogP contribution in [0, 0.1) is 0 Å². The van der Waals surface area contributed by atoms with E-state index in [0.717, 1.165) is 25.1 Å². The molecule has 6 heteroatoms. The Morgan fingerprint density at radius 3 is 3.04 bits per heavy atom. The number of methoxy groups -OCH3 is 1. The molecule has 124 valence electrons. The third-order valence-corrected chi connectivity index (χ3v) is 4.39. The van der Waals surface area contributed by atoms with Crippen molar-refractivity contribution < 1.29 is 9.47 Å². The molecule has 0 bridgehead atoms. The first-order valence-corrected chi connectivity index (χ1v) is 8.05. The van der Waals surface area contributed by atoms with Crippen molar-refractivity contribution >= 4 is 0 Å². The number of nitrogens with zero attached hydrogens (tertiary/aromatic N) is 4. The van der Waals surface area contributed by atoms with Gasteiger partial charge in [-0.3, -0.25) is 9.58 Å². The monoisotopic (exact) mass is 316 g/mol. The second-order valence-corrected chi connectivity index (χ2v) is 5.75. The Bertz CT molecular complexity index is 656. The van der Waals surface area contributed by atoms with E-state index in [-0.39, 0.29) is 6.04 Å². The lowest BCUT2D eigenvalue weighted by Crippen LogP contribution is -2.38. The Kier molecular flexibility index (Phi) is 4.93. The Hall–Kier alpha value is -1.92. The Balaban J connectivity index is 1.87. The maximum atomic E-state index is 5.75. The van der Waals surface area contributed by atoms with Gasteiger partial charge in [-0.15, -0.1) is 0 Å². The second kappa shape index (κ2) is 7.10. The predicted octanol–water partition coefficient (Wildman–Crippen LogP) is 1.96. The van der Waals surface area contributed by atoms with Crippen molar-refractivity contribution in [1.29, 1.82) is 0 Å². The van der Waals surface area contributed by atoms with Crippen LogP contribution in [0.4, 0.5) is 0 Å². The zero-order chi connectivity index (χ0) is 16.2. The molecule has 0 aliphatic carbocycles. The Morgan fingerprint density at radius 1 is 1.39 bits per heavy atom. The molecule has 3 rings (SSSR count). The molecule has 6 nitrogen and oxygen atoms in total. The van der Waals surface area contributed by atoms with Gasteiger partial charge >= 0.3 is 0 Å². The smallest absolute Gasteiger partial charge is 0.217 e. The third kappa shape index (κ3) is 3.23. The molecule has 0 saturated carbocycles. The fourth-order valence-corrected chi connectivity index (χ4v) is 3.26. The summed E-state index contributed by atoms with van der Waals surface area (Å²) in [6.07, 6.45) is 4.75. The van der Waals surface area contributed by atoms with Crippen LogP contribution in [0.1, 0.15) is 29.8 Å². The molecule has 1 aliphatic heterocycles. The average Bonchev–Trinajstić information content (AvgIpc) is 2.96. The molecule has 3 heterocycles. The van der Waals surface area contributed by atoms with Crippen LogP contribution in [0.25, 0.3) is 0 Å². The summed E-state index contributed by atoms with van der Waals surface area (Å²) < 4.78 is 13.1. The van der Waals surface area contributed by atoms with E-state index in [4.69, 9.17) is 9.47 Å². The number of ether oxygens (including phenoxy) is 2. The van der Waals surface area contributed by atoms with E-state index in [1.807, 2.05) is 30.9 Å². The summed E-state index contributed by atoms with van der Waals surface area (Å²) in [7, 11) is 3.67. The van der Waals surface area contributed by atoms with Crippen LogP contribution in [-0.2, 0) is 24.8 Å². The van der Waals surface area contributed by atoms with E-state index in [9.17, 15) is 0 Å². The maximum absolute atomic E-state index is 5.75. The lowest BCUT2D eigenvalue weighted by molar-refractivity contribution is 0.0514. The molecule has 0 radical (unpaired) electrons. The van der Waals surface area contributed by atoms with Crippen molar-refractivity contribution in [3.05, 3.63) is 41.3 Å². The number of pyridine rings is 1. The molecule has 0 unspecified atom stereocenters. The lowest BCUT2D eigenvalue weighted by Gasteiger charge is -2.36. The number of fused-ring (bicyclic) bond motifs is 1. The molecule has 1 atom stereocenters. The molecule has 0 N–H and O–H groups in total. The molecule has 0 amide bonds. The van der Waals surface area contributed by atoms with Crippen LogP contribution in [0.5, 0.6) is 5.88 Å². The van der Waals surface area contributed by atoms with Gasteiger partial charge < -0.3 is 9.47 Å². The third-order valence-electron chi connectivity index (χ3n) is 4.39. The highest BCUT2D eigenvalue weighted by atomic mass is 16.5. The maximum Gasteiger partial charge on any atom is 0.217 e. The van der Waals surface area contributed by atoms with Crippen LogP contribution < -0.4 is 4.74 Å². The topological polar surface area (TPSA) is 52.4 Å². The first-order valence-electron chi connectivity index (χ1n) is 8.05. The SMILES string of the molecule is CCOC[C@H]1c2c(cnn2C)CCN1Cc1cccnc1OC. The molecule has 1 aliphatic rings. The number of aryl methyl sites for hydroxylation is 1. The summed E-state index contributed by atoms with van der Waals surface area (Å²) in [5.41, 5.74) is 3.68. The predicted molar refractivity (Wildman–Crippen MR) is 87.3 cm³/mol. The minimum absolute atomic E-state index is 0.205. The first kappa shape index (κ1) is 16.0. The number of aromatic nitrogens is 3. The van der Waals surface area contributed by atoms with Crippen LogP contribution >= 0.6 is 0 Å². The molecule has 0 fully saturated rings. The lowest BCUT2D eigenvalue weighted by atomic mass is 9.99. The van der Waals surface area contributed by atoms with Crippen molar-refractivity contribution in [3.8, 4) is 5.88 Å². The largest absolute Gasteiger partial charge is 0.481 e. The molecule has 23 heavy (non-hydrogen) atoms. The first-order chi connectivity index (χ1) is 11.2. The molecule has 0 aromatic carbocycles. The highest BCUT2D eigenvalue weighted by Gasteiger charge is 2.31. The molecular weight excluding hydrogens is 292 g/mol. The van der Waals surface area contributed by atoms with Crippen LogP contribution in [0.3, 0.4) is 0 Å². The highest BCUT2D eigenvalue weighted by molar-refractivity contribution is 5.28. The molecule has 2 aromatic rings. The quantitative estimate of drug-likeness (QED) is 0.815.